The van der Waals surface area contributed by atoms with Crippen molar-refractivity contribution >= 4 is 23.5 Å². The fourth-order valence-corrected chi connectivity index (χ4v) is 2.59. The minimum Gasteiger partial charge on any atom is -0.497 e. The van der Waals surface area contributed by atoms with Crippen molar-refractivity contribution in [2.45, 2.75) is 0 Å². The van der Waals surface area contributed by atoms with E-state index in [2.05, 4.69) is 10.3 Å². The summed E-state index contributed by atoms with van der Waals surface area (Å²) in [7, 11) is 3.47. The number of rotatable bonds is 4. The lowest BCUT2D eigenvalue weighted by Crippen LogP contribution is -2.15. The van der Waals surface area contributed by atoms with Crippen LogP contribution in [0.4, 0.5) is 5.95 Å². The number of aromatic nitrogens is 2. The van der Waals surface area contributed by atoms with Crippen molar-refractivity contribution in [2.24, 2.45) is 7.05 Å². The fourth-order valence-electron chi connectivity index (χ4n) is 2.37. The Labute approximate surface area is 144 Å². The Kier molecular flexibility index (Phi) is 4.53. The van der Waals surface area contributed by atoms with Crippen LogP contribution < -0.4 is 10.1 Å². The van der Waals surface area contributed by atoms with Crippen molar-refractivity contribution in [3.05, 3.63) is 65.3 Å². The molecule has 24 heavy (non-hydrogen) atoms. The second-order valence-electron chi connectivity index (χ2n) is 5.19. The smallest absolute Gasteiger partial charge is 0.259 e. The molecule has 1 amide bonds. The summed E-state index contributed by atoms with van der Waals surface area (Å²) >= 11 is 6.05. The summed E-state index contributed by atoms with van der Waals surface area (Å²) < 4.78 is 6.98. The van der Waals surface area contributed by atoms with E-state index in [1.165, 1.54) is 0 Å². The molecule has 5 nitrogen and oxygen atoms in total. The summed E-state index contributed by atoms with van der Waals surface area (Å²) in [5.41, 5.74) is 2.27. The van der Waals surface area contributed by atoms with E-state index in [0.29, 0.717) is 16.5 Å². The van der Waals surface area contributed by atoms with Crippen LogP contribution in [0.5, 0.6) is 5.75 Å². The van der Waals surface area contributed by atoms with Gasteiger partial charge in [-0.05, 0) is 36.4 Å². The molecule has 0 aliphatic heterocycles. The molecule has 6 heteroatoms. The van der Waals surface area contributed by atoms with E-state index in [4.69, 9.17) is 16.3 Å². The van der Waals surface area contributed by atoms with E-state index in [9.17, 15) is 4.79 Å². The van der Waals surface area contributed by atoms with Crippen LogP contribution in [0.1, 0.15) is 10.4 Å². The molecule has 0 atom stereocenters. The number of halogens is 1. The van der Waals surface area contributed by atoms with Gasteiger partial charge in [-0.15, -0.1) is 0 Å². The number of carbonyl (C=O) groups excluding carboxylic acids is 1. The Hall–Kier alpha value is -2.79. The average molecular weight is 342 g/mol. The highest BCUT2D eigenvalue weighted by Gasteiger charge is 2.14. The van der Waals surface area contributed by atoms with Gasteiger partial charge in [-0.25, -0.2) is 4.98 Å². The molecule has 3 aromatic rings. The summed E-state index contributed by atoms with van der Waals surface area (Å²) in [6, 6.07) is 14.5. The molecule has 0 fully saturated rings. The topological polar surface area (TPSA) is 56.1 Å². The number of methoxy groups -OCH3 is 1. The van der Waals surface area contributed by atoms with Gasteiger partial charge in [0.05, 0.1) is 29.6 Å². The molecule has 0 spiro atoms. The second-order valence-corrected chi connectivity index (χ2v) is 5.60. The van der Waals surface area contributed by atoms with Crippen molar-refractivity contribution in [2.75, 3.05) is 12.4 Å². The molecule has 0 bridgehead atoms. The van der Waals surface area contributed by atoms with Gasteiger partial charge < -0.3 is 9.30 Å². The Morgan fingerprint density at radius 3 is 2.54 bits per heavy atom. The third kappa shape index (κ3) is 3.12. The molecule has 0 saturated carbocycles. The number of nitrogens with zero attached hydrogens (tertiary/aromatic N) is 2. The number of hydrogen-bond acceptors (Lipinski definition) is 3. The Morgan fingerprint density at radius 2 is 1.88 bits per heavy atom. The highest BCUT2D eigenvalue weighted by Crippen LogP contribution is 2.25. The lowest BCUT2D eigenvalue weighted by molar-refractivity contribution is 0.102. The number of amides is 1. The van der Waals surface area contributed by atoms with E-state index < -0.39 is 0 Å². The fraction of sp³-hybridized carbons (Fsp3) is 0.111. The van der Waals surface area contributed by atoms with Gasteiger partial charge in [0.1, 0.15) is 5.75 Å². The average Bonchev–Trinajstić information content (AvgIpc) is 2.96. The Morgan fingerprint density at radius 1 is 1.17 bits per heavy atom. The number of imidazole rings is 1. The maximum atomic E-state index is 12.4. The van der Waals surface area contributed by atoms with Crippen molar-refractivity contribution in [3.8, 4) is 17.0 Å². The molecule has 1 aromatic heterocycles. The Balaban J connectivity index is 1.84. The highest BCUT2D eigenvalue weighted by atomic mass is 35.5. The van der Waals surface area contributed by atoms with Gasteiger partial charge in [-0.2, -0.15) is 0 Å². The van der Waals surface area contributed by atoms with Crippen LogP contribution in [-0.4, -0.2) is 22.6 Å². The zero-order valence-corrected chi connectivity index (χ0v) is 14.0. The van der Waals surface area contributed by atoms with Crippen LogP contribution in [0.3, 0.4) is 0 Å². The maximum absolute atomic E-state index is 12.4. The first-order chi connectivity index (χ1) is 11.6. The molecule has 1 N–H and O–H groups in total. The van der Waals surface area contributed by atoms with Crippen LogP contribution >= 0.6 is 11.6 Å². The molecule has 3 rings (SSSR count). The van der Waals surface area contributed by atoms with E-state index in [0.717, 1.165) is 17.0 Å². The third-order valence-corrected chi connectivity index (χ3v) is 4.05. The quantitative estimate of drug-likeness (QED) is 0.780. The SMILES string of the molecule is COc1ccc(-c2cnc(NC(=O)c3ccccc3Cl)n2C)cc1. The molecule has 0 aliphatic rings. The number of ether oxygens (including phenoxy) is 1. The van der Waals surface area contributed by atoms with Gasteiger partial charge >= 0.3 is 0 Å². The number of carbonyl (C=O) groups is 1. The van der Waals surface area contributed by atoms with Crippen LogP contribution in [0, 0.1) is 0 Å². The van der Waals surface area contributed by atoms with Gasteiger partial charge in [0.15, 0.2) is 0 Å². The van der Waals surface area contributed by atoms with E-state index in [-0.39, 0.29) is 5.91 Å². The van der Waals surface area contributed by atoms with Crippen LogP contribution in [0.2, 0.25) is 5.02 Å². The van der Waals surface area contributed by atoms with Crippen LogP contribution in [0.25, 0.3) is 11.3 Å². The molecule has 0 radical (unpaired) electrons. The van der Waals surface area contributed by atoms with E-state index in [1.807, 2.05) is 35.9 Å². The predicted molar refractivity (Wildman–Crippen MR) is 94.6 cm³/mol. The van der Waals surface area contributed by atoms with Crippen LogP contribution in [0.15, 0.2) is 54.7 Å². The first kappa shape index (κ1) is 16.1. The molecular formula is C18H16ClN3O2. The number of nitrogens with one attached hydrogen (secondary N) is 1. The van der Waals surface area contributed by atoms with Crippen LogP contribution in [-0.2, 0) is 7.05 Å². The molecule has 122 valence electrons. The summed E-state index contributed by atoms with van der Waals surface area (Å²) in [5, 5.41) is 3.19. The molecule has 1 heterocycles. The first-order valence-corrected chi connectivity index (χ1v) is 7.70. The standard InChI is InChI=1S/C18H16ClN3O2/c1-22-16(12-7-9-13(24-2)10-8-12)11-20-18(22)21-17(23)14-5-3-4-6-15(14)19/h3-11H,1-2H3,(H,20,21,23). The molecule has 0 unspecified atom stereocenters. The monoisotopic (exact) mass is 341 g/mol. The van der Waals surface area contributed by atoms with E-state index in [1.54, 1.807) is 37.6 Å². The number of anilines is 1. The molecule has 2 aromatic carbocycles. The van der Waals surface area contributed by atoms with Gasteiger partial charge in [0.25, 0.3) is 5.91 Å². The largest absolute Gasteiger partial charge is 0.497 e. The second kappa shape index (κ2) is 6.76. The lowest BCUT2D eigenvalue weighted by Gasteiger charge is -2.09. The summed E-state index contributed by atoms with van der Waals surface area (Å²) in [6.45, 7) is 0. The van der Waals surface area contributed by atoms with Crippen molar-refractivity contribution in [3.63, 3.8) is 0 Å². The normalized spacial score (nSPS) is 10.5. The molecule has 0 saturated heterocycles. The van der Waals surface area contributed by atoms with Crippen molar-refractivity contribution < 1.29 is 9.53 Å². The molecular weight excluding hydrogens is 326 g/mol. The predicted octanol–water partition coefficient (Wildman–Crippen LogP) is 4.00. The summed E-state index contributed by atoms with van der Waals surface area (Å²) in [6.07, 6.45) is 1.71. The minimum absolute atomic E-state index is 0.296. The highest BCUT2D eigenvalue weighted by molar-refractivity contribution is 6.34. The van der Waals surface area contributed by atoms with Gasteiger partial charge in [-0.1, -0.05) is 23.7 Å². The Bertz CT molecular complexity index is 872. The minimum atomic E-state index is -0.296. The lowest BCUT2D eigenvalue weighted by atomic mass is 10.1. The first-order valence-electron chi connectivity index (χ1n) is 7.32. The van der Waals surface area contributed by atoms with Crippen molar-refractivity contribution in [1.82, 2.24) is 9.55 Å². The van der Waals surface area contributed by atoms with Crippen molar-refractivity contribution in [1.29, 1.82) is 0 Å². The van der Waals surface area contributed by atoms with Gasteiger partial charge in [0, 0.05) is 12.6 Å². The zero-order valence-electron chi connectivity index (χ0n) is 13.3. The van der Waals surface area contributed by atoms with E-state index >= 15 is 0 Å². The zero-order chi connectivity index (χ0) is 17.1. The van der Waals surface area contributed by atoms with Gasteiger partial charge in [-0.3, -0.25) is 10.1 Å². The summed E-state index contributed by atoms with van der Waals surface area (Å²) in [5.74, 6) is 0.939. The maximum Gasteiger partial charge on any atom is 0.259 e. The molecule has 0 aliphatic carbocycles. The van der Waals surface area contributed by atoms with Gasteiger partial charge in [0.2, 0.25) is 5.95 Å². The number of hydrogen-bond donors (Lipinski definition) is 1. The summed E-state index contributed by atoms with van der Waals surface area (Å²) in [4.78, 5) is 16.6. The number of benzene rings is 2. The third-order valence-electron chi connectivity index (χ3n) is 3.72.